The predicted octanol–water partition coefficient (Wildman–Crippen LogP) is 5.54. The molecule has 0 aliphatic carbocycles. The summed E-state index contributed by atoms with van der Waals surface area (Å²) in [5, 5.41) is 5.72. The monoisotopic (exact) mass is 476 g/mol. The highest BCUT2D eigenvalue weighted by Crippen LogP contribution is 2.37. The first-order chi connectivity index (χ1) is 16.1. The minimum atomic E-state index is -3.09. The van der Waals surface area contributed by atoms with E-state index >= 15 is 0 Å². The second-order valence-corrected chi connectivity index (χ2v) is 11.8. The molecule has 34 heavy (non-hydrogen) atoms. The van der Waals surface area contributed by atoms with Crippen molar-refractivity contribution >= 4 is 26.5 Å². The van der Waals surface area contributed by atoms with Gasteiger partial charge in [-0.25, -0.2) is 17.5 Å². The van der Waals surface area contributed by atoms with Gasteiger partial charge >= 0.3 is 0 Å². The molecule has 0 saturated carbocycles. The molecular formula is C27H25FN2O3S. The van der Waals surface area contributed by atoms with Crippen LogP contribution < -0.4 is 0 Å². The lowest BCUT2D eigenvalue weighted by atomic mass is 9.83. The van der Waals surface area contributed by atoms with E-state index in [1.54, 1.807) is 28.9 Å². The number of halogens is 1. The molecule has 1 fully saturated rings. The van der Waals surface area contributed by atoms with Gasteiger partial charge in [-0.05, 0) is 61.2 Å². The summed E-state index contributed by atoms with van der Waals surface area (Å²) >= 11 is 0. The van der Waals surface area contributed by atoms with Crippen LogP contribution in [0.3, 0.4) is 0 Å². The van der Waals surface area contributed by atoms with E-state index in [4.69, 9.17) is 5.10 Å². The minimum absolute atomic E-state index is 0.0407. The van der Waals surface area contributed by atoms with E-state index in [1.807, 2.05) is 38.1 Å². The highest BCUT2D eigenvalue weighted by atomic mass is 32.2. The maximum atomic E-state index is 13.6. The smallest absolute Gasteiger partial charge is 0.163 e. The van der Waals surface area contributed by atoms with E-state index in [0.29, 0.717) is 17.7 Å². The summed E-state index contributed by atoms with van der Waals surface area (Å²) in [6.07, 6.45) is 0.668. The van der Waals surface area contributed by atoms with Gasteiger partial charge in [0.1, 0.15) is 11.5 Å². The van der Waals surface area contributed by atoms with E-state index in [0.717, 1.165) is 27.7 Å². The summed E-state index contributed by atoms with van der Waals surface area (Å²) in [5.41, 5.74) is 4.21. The van der Waals surface area contributed by atoms with Crippen LogP contribution in [0.1, 0.15) is 35.7 Å². The van der Waals surface area contributed by atoms with Crippen molar-refractivity contribution in [3.63, 3.8) is 0 Å². The standard InChI is InChI=1S/C27H25FN2O3S/c1-18-4-3-5-20(14-18)26-23-11-6-19(25(31)16-27(2)12-13-34(32,33)17-27)15-24(23)30(29-26)22-9-7-21(28)8-10-22/h3-11,14-15H,12-13,16-17H2,1-2H3. The Kier molecular flexibility index (Phi) is 5.40. The van der Waals surface area contributed by atoms with Crippen LogP contribution in [0.5, 0.6) is 0 Å². The third kappa shape index (κ3) is 4.28. The second-order valence-electron chi connectivity index (χ2n) is 9.59. The number of carbonyl (C=O) groups excluding carboxylic acids is 1. The Bertz CT molecular complexity index is 1520. The summed E-state index contributed by atoms with van der Waals surface area (Å²) in [6, 6.07) is 19.6. The van der Waals surface area contributed by atoms with E-state index in [9.17, 15) is 17.6 Å². The van der Waals surface area contributed by atoms with Gasteiger partial charge in [0.25, 0.3) is 0 Å². The average molecular weight is 477 g/mol. The normalized spacial score (nSPS) is 19.5. The number of sulfone groups is 1. The minimum Gasteiger partial charge on any atom is -0.294 e. The molecule has 1 unspecified atom stereocenters. The van der Waals surface area contributed by atoms with Crippen molar-refractivity contribution in [2.75, 3.05) is 11.5 Å². The molecule has 4 aromatic rings. The van der Waals surface area contributed by atoms with Gasteiger partial charge in [-0.15, -0.1) is 0 Å². The highest BCUT2D eigenvalue weighted by Gasteiger charge is 2.39. The lowest BCUT2D eigenvalue weighted by Gasteiger charge is -2.20. The van der Waals surface area contributed by atoms with Crippen LogP contribution in [0, 0.1) is 18.2 Å². The lowest BCUT2D eigenvalue weighted by Crippen LogP contribution is -2.22. The predicted molar refractivity (Wildman–Crippen MR) is 132 cm³/mol. The lowest BCUT2D eigenvalue weighted by molar-refractivity contribution is 0.0934. The first kappa shape index (κ1) is 22.5. The molecule has 5 rings (SSSR count). The Morgan fingerprint density at radius 2 is 1.85 bits per heavy atom. The zero-order valence-corrected chi connectivity index (χ0v) is 19.9. The quantitative estimate of drug-likeness (QED) is 0.355. The average Bonchev–Trinajstić information content (AvgIpc) is 3.30. The Hall–Kier alpha value is -3.32. The number of rotatable bonds is 5. The molecule has 174 valence electrons. The van der Waals surface area contributed by atoms with Crippen molar-refractivity contribution in [2.24, 2.45) is 5.41 Å². The fourth-order valence-corrected chi connectivity index (χ4v) is 7.04. The van der Waals surface area contributed by atoms with Gasteiger partial charge in [-0.2, -0.15) is 5.10 Å². The number of fused-ring (bicyclic) bond motifs is 1. The zero-order chi connectivity index (χ0) is 24.1. The van der Waals surface area contributed by atoms with Gasteiger partial charge in [-0.1, -0.05) is 36.8 Å². The zero-order valence-electron chi connectivity index (χ0n) is 19.1. The van der Waals surface area contributed by atoms with Crippen LogP contribution in [0.4, 0.5) is 4.39 Å². The van der Waals surface area contributed by atoms with Crippen LogP contribution in [-0.2, 0) is 9.84 Å². The summed E-state index contributed by atoms with van der Waals surface area (Å²) in [7, 11) is -3.09. The van der Waals surface area contributed by atoms with E-state index < -0.39 is 15.3 Å². The molecule has 1 aromatic heterocycles. The van der Waals surface area contributed by atoms with Crippen molar-refractivity contribution in [3.8, 4) is 16.9 Å². The van der Waals surface area contributed by atoms with Crippen LogP contribution in [0.2, 0.25) is 0 Å². The van der Waals surface area contributed by atoms with Crippen molar-refractivity contribution in [2.45, 2.75) is 26.7 Å². The van der Waals surface area contributed by atoms with Gasteiger partial charge in [0.2, 0.25) is 0 Å². The molecule has 1 aliphatic rings. The Labute approximate surface area is 198 Å². The van der Waals surface area contributed by atoms with Crippen molar-refractivity contribution in [1.29, 1.82) is 0 Å². The number of hydrogen-bond donors (Lipinski definition) is 0. The molecule has 0 radical (unpaired) electrons. The van der Waals surface area contributed by atoms with Gasteiger partial charge in [0.15, 0.2) is 15.6 Å². The molecule has 1 aliphatic heterocycles. The molecular weight excluding hydrogens is 451 g/mol. The Morgan fingerprint density at radius 1 is 1.09 bits per heavy atom. The summed E-state index contributed by atoms with van der Waals surface area (Å²) in [6.45, 7) is 3.88. The molecule has 0 bridgehead atoms. The molecule has 2 heterocycles. The van der Waals surface area contributed by atoms with Crippen LogP contribution >= 0.6 is 0 Å². The first-order valence-electron chi connectivity index (χ1n) is 11.2. The highest BCUT2D eigenvalue weighted by molar-refractivity contribution is 7.91. The maximum Gasteiger partial charge on any atom is 0.163 e. The summed E-state index contributed by atoms with van der Waals surface area (Å²) in [5.74, 6) is -0.258. The second kappa shape index (κ2) is 8.17. The van der Waals surface area contributed by atoms with Crippen molar-refractivity contribution < 1.29 is 17.6 Å². The number of nitrogens with zero attached hydrogens (tertiary/aromatic N) is 2. The molecule has 1 atom stereocenters. The number of aromatic nitrogens is 2. The third-order valence-electron chi connectivity index (χ3n) is 6.54. The third-order valence-corrected chi connectivity index (χ3v) is 8.50. The van der Waals surface area contributed by atoms with Crippen molar-refractivity contribution in [3.05, 3.63) is 83.7 Å². The number of Topliss-reactive ketones (excluding diaryl/α,β-unsaturated/α-hetero) is 1. The summed E-state index contributed by atoms with van der Waals surface area (Å²) < 4.78 is 39.2. The molecule has 0 amide bonds. The number of carbonyl (C=O) groups is 1. The maximum absolute atomic E-state index is 13.6. The van der Waals surface area contributed by atoms with E-state index in [2.05, 4.69) is 6.07 Å². The number of ketones is 1. The largest absolute Gasteiger partial charge is 0.294 e. The molecule has 0 N–H and O–H groups in total. The number of benzene rings is 3. The summed E-state index contributed by atoms with van der Waals surface area (Å²) in [4.78, 5) is 13.2. The molecule has 1 saturated heterocycles. The Morgan fingerprint density at radius 3 is 2.53 bits per heavy atom. The van der Waals surface area contributed by atoms with Crippen LogP contribution in [0.15, 0.2) is 66.7 Å². The fourth-order valence-electron chi connectivity index (χ4n) is 4.78. The molecule has 3 aromatic carbocycles. The van der Waals surface area contributed by atoms with E-state index in [1.165, 1.54) is 12.1 Å². The Balaban J connectivity index is 1.61. The van der Waals surface area contributed by atoms with Gasteiger partial charge in [0, 0.05) is 22.9 Å². The molecule has 5 nitrogen and oxygen atoms in total. The van der Waals surface area contributed by atoms with Gasteiger partial charge in [-0.3, -0.25) is 4.79 Å². The van der Waals surface area contributed by atoms with Gasteiger partial charge < -0.3 is 0 Å². The fraction of sp³-hybridized carbons (Fsp3) is 0.259. The number of hydrogen-bond acceptors (Lipinski definition) is 4. The number of aryl methyl sites for hydroxylation is 1. The van der Waals surface area contributed by atoms with E-state index in [-0.39, 0.29) is 29.5 Å². The molecule has 7 heteroatoms. The van der Waals surface area contributed by atoms with Gasteiger partial charge in [0.05, 0.1) is 22.7 Å². The van der Waals surface area contributed by atoms with Crippen molar-refractivity contribution in [1.82, 2.24) is 9.78 Å². The first-order valence-corrected chi connectivity index (χ1v) is 13.0. The molecule has 0 spiro atoms. The topological polar surface area (TPSA) is 69.0 Å². The van der Waals surface area contributed by atoms with Crippen LogP contribution in [-0.4, -0.2) is 35.5 Å². The SMILES string of the molecule is Cc1cccc(-c2nn(-c3ccc(F)cc3)c3cc(C(=O)CC4(C)CCS(=O)(=O)C4)ccc23)c1. The van der Waals surface area contributed by atoms with Crippen LogP contribution in [0.25, 0.3) is 27.8 Å².